The van der Waals surface area contributed by atoms with E-state index in [1.165, 1.54) is 0 Å². The smallest absolute Gasteiger partial charge is 0.198 e. The second-order valence-corrected chi connectivity index (χ2v) is 4.23. The lowest BCUT2D eigenvalue weighted by molar-refractivity contribution is 0.445. The molecule has 1 heterocycles. The molecule has 18 heavy (non-hydrogen) atoms. The van der Waals surface area contributed by atoms with Gasteiger partial charge in [-0.1, -0.05) is 18.2 Å². The van der Waals surface area contributed by atoms with Crippen LogP contribution in [-0.4, -0.2) is 23.7 Å². The maximum Gasteiger partial charge on any atom is 0.198 e. The molecule has 4 heteroatoms. The number of aryl methyl sites for hydroxylation is 1. The van der Waals surface area contributed by atoms with E-state index in [9.17, 15) is 5.11 Å². The van der Waals surface area contributed by atoms with E-state index in [-0.39, 0.29) is 5.75 Å². The second-order valence-electron chi connectivity index (χ2n) is 4.23. The van der Waals surface area contributed by atoms with E-state index >= 15 is 0 Å². The van der Waals surface area contributed by atoms with E-state index in [2.05, 4.69) is 10.3 Å². The number of rotatable bonds is 6. The highest BCUT2D eigenvalue weighted by atomic mass is 16.4. The highest BCUT2D eigenvalue weighted by Gasteiger charge is 2.07. The van der Waals surface area contributed by atoms with Crippen LogP contribution in [0.5, 0.6) is 5.75 Å². The number of oxazole rings is 1. The van der Waals surface area contributed by atoms with Crippen molar-refractivity contribution in [3.05, 3.63) is 47.7 Å². The summed E-state index contributed by atoms with van der Waals surface area (Å²) in [7, 11) is 1.93. The Morgan fingerprint density at radius 1 is 1.33 bits per heavy atom. The topological polar surface area (TPSA) is 58.3 Å². The average molecular weight is 246 g/mol. The van der Waals surface area contributed by atoms with Crippen molar-refractivity contribution < 1.29 is 9.52 Å². The molecule has 0 fully saturated rings. The van der Waals surface area contributed by atoms with Gasteiger partial charge in [0.25, 0.3) is 0 Å². The van der Waals surface area contributed by atoms with E-state index in [4.69, 9.17) is 4.42 Å². The zero-order valence-corrected chi connectivity index (χ0v) is 10.5. The first kappa shape index (κ1) is 12.6. The highest BCUT2D eigenvalue weighted by molar-refractivity contribution is 5.33. The molecular formula is C14H18N2O2. The van der Waals surface area contributed by atoms with Gasteiger partial charge in [0.05, 0.1) is 12.6 Å². The van der Waals surface area contributed by atoms with Crippen molar-refractivity contribution in [3.8, 4) is 5.75 Å². The molecule has 0 aliphatic heterocycles. The number of hydrogen-bond acceptors (Lipinski definition) is 4. The minimum absolute atomic E-state index is 0.285. The van der Waals surface area contributed by atoms with E-state index in [0.717, 1.165) is 30.7 Å². The van der Waals surface area contributed by atoms with Gasteiger partial charge in [0.2, 0.25) is 0 Å². The van der Waals surface area contributed by atoms with Crippen LogP contribution in [0.3, 0.4) is 0 Å². The van der Waals surface area contributed by atoms with Crippen molar-refractivity contribution in [2.75, 3.05) is 13.6 Å². The van der Waals surface area contributed by atoms with Crippen LogP contribution in [0.15, 0.2) is 34.9 Å². The van der Waals surface area contributed by atoms with Gasteiger partial charge in [0, 0.05) is 12.0 Å². The van der Waals surface area contributed by atoms with Crippen LogP contribution in [0.25, 0.3) is 0 Å². The van der Waals surface area contributed by atoms with Gasteiger partial charge in [-0.3, -0.25) is 0 Å². The van der Waals surface area contributed by atoms with E-state index in [0.29, 0.717) is 12.3 Å². The number of aromatic nitrogens is 1. The van der Waals surface area contributed by atoms with Crippen LogP contribution in [0.4, 0.5) is 0 Å². The lowest BCUT2D eigenvalue weighted by atomic mass is 10.1. The fraction of sp³-hybridized carbons (Fsp3) is 0.357. The quantitative estimate of drug-likeness (QED) is 0.767. The zero-order chi connectivity index (χ0) is 12.8. The molecular weight excluding hydrogens is 228 g/mol. The van der Waals surface area contributed by atoms with E-state index < -0.39 is 0 Å². The summed E-state index contributed by atoms with van der Waals surface area (Å²) < 4.78 is 5.64. The van der Waals surface area contributed by atoms with Gasteiger partial charge in [-0.15, -0.1) is 0 Å². The fourth-order valence-electron chi connectivity index (χ4n) is 1.81. The lowest BCUT2D eigenvalue weighted by Gasteiger charge is -2.00. The van der Waals surface area contributed by atoms with Crippen molar-refractivity contribution in [2.24, 2.45) is 0 Å². The number of nitrogens with one attached hydrogen (secondary N) is 1. The molecule has 0 radical (unpaired) electrons. The van der Waals surface area contributed by atoms with Gasteiger partial charge in [-0.25, -0.2) is 4.98 Å². The average Bonchev–Trinajstić information content (AvgIpc) is 2.80. The molecule has 96 valence electrons. The Hall–Kier alpha value is -1.81. The molecule has 0 bridgehead atoms. The van der Waals surface area contributed by atoms with Gasteiger partial charge in [0.15, 0.2) is 5.89 Å². The second kappa shape index (κ2) is 6.21. The Kier molecular flexibility index (Phi) is 4.36. The third kappa shape index (κ3) is 3.34. The van der Waals surface area contributed by atoms with Gasteiger partial charge in [-0.2, -0.15) is 0 Å². The molecule has 4 nitrogen and oxygen atoms in total. The van der Waals surface area contributed by atoms with Crippen molar-refractivity contribution >= 4 is 0 Å². The lowest BCUT2D eigenvalue weighted by Crippen LogP contribution is -2.08. The summed E-state index contributed by atoms with van der Waals surface area (Å²) in [5.74, 6) is 1.83. The molecule has 2 aromatic rings. The predicted molar refractivity (Wildman–Crippen MR) is 69.7 cm³/mol. The van der Waals surface area contributed by atoms with E-state index in [1.807, 2.05) is 19.2 Å². The Morgan fingerprint density at radius 2 is 2.17 bits per heavy atom. The predicted octanol–water partition coefficient (Wildman–Crippen LogP) is 2.12. The van der Waals surface area contributed by atoms with Gasteiger partial charge >= 0.3 is 0 Å². The Morgan fingerprint density at radius 3 is 2.94 bits per heavy atom. The van der Waals surface area contributed by atoms with Crippen molar-refractivity contribution in [1.82, 2.24) is 10.3 Å². The maximum absolute atomic E-state index is 9.67. The van der Waals surface area contributed by atoms with Gasteiger partial charge in [-0.05, 0) is 26.1 Å². The summed E-state index contributed by atoms with van der Waals surface area (Å²) in [6.07, 6.45) is 4.21. The van der Waals surface area contributed by atoms with Gasteiger partial charge < -0.3 is 14.8 Å². The third-order valence-corrected chi connectivity index (χ3v) is 2.78. The first-order valence-corrected chi connectivity index (χ1v) is 6.14. The zero-order valence-electron chi connectivity index (χ0n) is 10.5. The van der Waals surface area contributed by atoms with Crippen LogP contribution >= 0.6 is 0 Å². The number of aromatic hydroxyl groups is 1. The normalized spacial score (nSPS) is 10.7. The van der Waals surface area contributed by atoms with E-state index in [1.54, 1.807) is 18.3 Å². The summed E-state index contributed by atoms with van der Waals surface area (Å²) in [6, 6.07) is 7.25. The number of benzene rings is 1. The number of para-hydroxylation sites is 1. The number of phenolic OH excluding ortho intramolecular Hbond substituents is 1. The first-order valence-electron chi connectivity index (χ1n) is 6.14. The van der Waals surface area contributed by atoms with Crippen molar-refractivity contribution in [2.45, 2.75) is 19.3 Å². The minimum Gasteiger partial charge on any atom is -0.508 e. The Balaban J connectivity index is 1.96. The molecule has 2 rings (SSSR count). The molecule has 1 aromatic heterocycles. The largest absolute Gasteiger partial charge is 0.508 e. The third-order valence-electron chi connectivity index (χ3n) is 2.78. The van der Waals surface area contributed by atoms with Gasteiger partial charge in [0.1, 0.15) is 11.5 Å². The molecule has 0 unspecified atom stereocenters. The molecule has 2 N–H and O–H groups in total. The molecule has 0 spiro atoms. The monoisotopic (exact) mass is 246 g/mol. The molecule has 0 saturated heterocycles. The molecule has 0 aliphatic rings. The summed E-state index contributed by atoms with van der Waals surface area (Å²) in [6.45, 7) is 0.968. The number of nitrogens with zero attached hydrogens (tertiary/aromatic N) is 1. The van der Waals surface area contributed by atoms with Crippen LogP contribution in [0, 0.1) is 0 Å². The fourth-order valence-corrected chi connectivity index (χ4v) is 1.81. The van der Waals surface area contributed by atoms with Crippen molar-refractivity contribution in [3.63, 3.8) is 0 Å². The molecule has 0 atom stereocenters. The summed E-state index contributed by atoms with van der Waals surface area (Å²) in [5.41, 5.74) is 0.834. The Labute approximate surface area is 107 Å². The van der Waals surface area contributed by atoms with Crippen molar-refractivity contribution in [1.29, 1.82) is 0 Å². The molecule has 0 saturated carbocycles. The molecule has 1 aromatic carbocycles. The van der Waals surface area contributed by atoms with Crippen LogP contribution in [0.2, 0.25) is 0 Å². The highest BCUT2D eigenvalue weighted by Crippen LogP contribution is 2.19. The Bertz CT molecular complexity index is 494. The van der Waals surface area contributed by atoms with Crippen LogP contribution < -0.4 is 5.32 Å². The maximum atomic E-state index is 9.67. The first-order chi connectivity index (χ1) is 8.79. The summed E-state index contributed by atoms with van der Waals surface area (Å²) >= 11 is 0. The number of hydrogen-bond donors (Lipinski definition) is 2. The van der Waals surface area contributed by atoms with Crippen LogP contribution in [-0.2, 0) is 12.8 Å². The minimum atomic E-state index is 0.285. The summed E-state index contributed by atoms with van der Waals surface area (Å²) in [5, 5.41) is 12.8. The standard InChI is InChI=1S/C14H18N2O2/c1-15-8-4-6-12-10-16-14(18-12)9-11-5-2-3-7-13(11)17/h2-3,5,7,10,15,17H,4,6,8-9H2,1H3. The molecule has 0 aliphatic carbocycles. The van der Waals surface area contributed by atoms with Crippen LogP contribution in [0.1, 0.15) is 23.6 Å². The molecule has 0 amide bonds. The number of phenols is 1. The SMILES string of the molecule is CNCCCc1cnc(Cc2ccccc2O)o1. The summed E-state index contributed by atoms with van der Waals surface area (Å²) in [4.78, 5) is 4.23.